The van der Waals surface area contributed by atoms with Crippen LogP contribution in [0.15, 0.2) is 0 Å². The van der Waals surface area contributed by atoms with Gasteiger partial charge in [-0.2, -0.15) is 19.3 Å². The number of phosphoric ester groups is 1. The Morgan fingerprint density at radius 1 is 0.673 bits per heavy atom. The molecule has 1 atom stereocenters. The number of amides is 2. The molecule has 3 aliphatic rings. The van der Waals surface area contributed by atoms with Crippen LogP contribution in [-0.4, -0.2) is 112 Å². The molecule has 9 N–H and O–H groups in total. The minimum Gasteiger partial charge on any atom is -0.356 e. The summed E-state index contributed by atoms with van der Waals surface area (Å²) in [5.74, 6) is 2.00. The highest BCUT2D eigenvalue weighted by atomic mass is 31.3. The number of unbranched alkanes of at least 4 members (excludes halogenated alkanes) is 5. The highest BCUT2D eigenvalue weighted by Gasteiger charge is 2.32. The van der Waals surface area contributed by atoms with Gasteiger partial charge in [0.25, 0.3) is 0 Å². The first-order chi connectivity index (χ1) is 24.8. The van der Waals surface area contributed by atoms with E-state index >= 15 is 0 Å². The fourth-order valence-electron chi connectivity index (χ4n) is 6.49. The third-order valence-electron chi connectivity index (χ3n) is 9.63. The maximum Gasteiger partial charge on any atom is 0.481 e. The van der Waals surface area contributed by atoms with Crippen molar-refractivity contribution in [2.75, 3.05) is 73.7 Å². The third-order valence-corrected chi connectivity index (χ3v) is 11.8. The van der Waals surface area contributed by atoms with Crippen LogP contribution in [0, 0.1) is 5.92 Å². The maximum absolute atomic E-state index is 12.9. The molecule has 1 aromatic rings. The van der Waals surface area contributed by atoms with Gasteiger partial charge in [0.2, 0.25) is 29.7 Å². The second-order valence-electron chi connectivity index (χ2n) is 13.9. The molecule has 0 aromatic carbocycles. The van der Waals surface area contributed by atoms with Crippen LogP contribution in [0.4, 0.5) is 17.8 Å². The molecule has 3 saturated heterocycles. The van der Waals surface area contributed by atoms with Crippen molar-refractivity contribution in [3.05, 3.63) is 0 Å². The smallest absolute Gasteiger partial charge is 0.356 e. The molecule has 0 radical (unpaired) electrons. The van der Waals surface area contributed by atoms with Crippen molar-refractivity contribution in [3.63, 3.8) is 0 Å². The molecule has 3 aliphatic heterocycles. The van der Waals surface area contributed by atoms with E-state index in [0.717, 1.165) is 77.5 Å². The number of aromatic nitrogens is 3. The molecule has 0 aliphatic carbocycles. The van der Waals surface area contributed by atoms with Crippen molar-refractivity contribution >= 4 is 45.3 Å². The van der Waals surface area contributed by atoms with Crippen molar-refractivity contribution in [2.24, 2.45) is 17.4 Å². The summed E-state index contributed by atoms with van der Waals surface area (Å²) < 4.78 is 30.2. The van der Waals surface area contributed by atoms with E-state index in [9.17, 15) is 23.6 Å². The van der Waals surface area contributed by atoms with Crippen LogP contribution in [0.25, 0.3) is 0 Å². The Morgan fingerprint density at radius 2 is 1.12 bits per heavy atom. The van der Waals surface area contributed by atoms with Gasteiger partial charge >= 0.3 is 15.6 Å². The van der Waals surface area contributed by atoms with Crippen LogP contribution in [0.1, 0.15) is 89.9 Å². The number of piperidine rings is 3. The topological polar surface area (TPSA) is 272 Å². The number of nitrogens with two attached hydrogens (primary N) is 2. The molecule has 1 aromatic heterocycles. The molecule has 21 heteroatoms. The summed E-state index contributed by atoms with van der Waals surface area (Å²) in [7, 11) is -9.92. The van der Waals surface area contributed by atoms with Gasteiger partial charge in [0, 0.05) is 76.8 Å². The number of hydrogen-bond donors (Lipinski definition) is 7. The molecule has 52 heavy (non-hydrogen) atoms. The summed E-state index contributed by atoms with van der Waals surface area (Å²) in [4.78, 5) is 72.7. The van der Waals surface area contributed by atoms with E-state index in [1.165, 1.54) is 0 Å². The minimum atomic E-state index is -5.12. The zero-order valence-electron chi connectivity index (χ0n) is 30.0. The number of hydrogen-bond acceptors (Lipinski definition) is 14. The summed E-state index contributed by atoms with van der Waals surface area (Å²) in [6.45, 7) is 5.53. The van der Waals surface area contributed by atoms with E-state index in [2.05, 4.69) is 34.2 Å². The quantitative estimate of drug-likeness (QED) is 0.0731. The summed E-state index contributed by atoms with van der Waals surface area (Å²) in [6, 6.07) is 0.413. The van der Waals surface area contributed by atoms with E-state index in [1.54, 1.807) is 0 Å². The molecule has 0 spiro atoms. The van der Waals surface area contributed by atoms with Gasteiger partial charge in [0.15, 0.2) is 0 Å². The molecule has 4 rings (SSSR count). The summed E-state index contributed by atoms with van der Waals surface area (Å²) in [5, 5.41) is 5.95. The Bertz CT molecular complexity index is 1330. The Morgan fingerprint density at radius 3 is 1.62 bits per heavy atom. The fraction of sp³-hybridized carbons (Fsp3) is 0.839. The van der Waals surface area contributed by atoms with Gasteiger partial charge in [-0.25, -0.2) is 9.13 Å². The van der Waals surface area contributed by atoms with Crippen LogP contribution < -0.4 is 36.8 Å². The molecule has 19 nitrogen and oxygen atoms in total. The van der Waals surface area contributed by atoms with Gasteiger partial charge in [-0.15, -0.1) is 0 Å². The zero-order chi connectivity index (χ0) is 37.6. The van der Waals surface area contributed by atoms with E-state index in [4.69, 9.17) is 36.2 Å². The van der Waals surface area contributed by atoms with Gasteiger partial charge in [-0.1, -0.05) is 19.3 Å². The number of nitrogens with zero attached hydrogens (tertiary/aromatic N) is 6. The lowest BCUT2D eigenvalue weighted by Crippen LogP contribution is -2.44. The third kappa shape index (κ3) is 15.1. The molecule has 0 bridgehead atoms. The van der Waals surface area contributed by atoms with E-state index in [0.29, 0.717) is 82.5 Å². The van der Waals surface area contributed by atoms with Gasteiger partial charge in [0.1, 0.15) is 0 Å². The Labute approximate surface area is 305 Å². The van der Waals surface area contributed by atoms with Gasteiger partial charge in [-0.05, 0) is 64.2 Å². The summed E-state index contributed by atoms with van der Waals surface area (Å²) >= 11 is 0. The second-order valence-corrected chi connectivity index (χ2v) is 16.7. The largest absolute Gasteiger partial charge is 0.481 e. The van der Waals surface area contributed by atoms with Crippen LogP contribution in [-0.2, 0) is 27.6 Å². The number of carbonyl (C=O) groups excluding carboxylic acids is 2. The zero-order valence-corrected chi connectivity index (χ0v) is 31.8. The van der Waals surface area contributed by atoms with Crippen LogP contribution in [0.3, 0.4) is 0 Å². The summed E-state index contributed by atoms with van der Waals surface area (Å²) in [5.41, 5.74) is 12.3. The Hall–Kier alpha value is -2.47. The molecular weight excluding hydrogens is 718 g/mol. The van der Waals surface area contributed by atoms with E-state index < -0.39 is 15.6 Å². The molecule has 296 valence electrons. The second kappa shape index (κ2) is 20.8. The number of nitrogens with one attached hydrogen (secondary N) is 2. The van der Waals surface area contributed by atoms with E-state index in [-0.39, 0.29) is 36.4 Å². The molecular formula is C31H58N10O9P2. The first-order valence-corrected chi connectivity index (χ1v) is 21.6. The fourth-order valence-corrected chi connectivity index (χ4v) is 8.11. The van der Waals surface area contributed by atoms with Crippen molar-refractivity contribution in [1.82, 2.24) is 25.6 Å². The normalized spacial score (nSPS) is 19.4. The molecule has 2 amide bonds. The molecule has 1 unspecified atom stereocenters. The van der Waals surface area contributed by atoms with Crippen LogP contribution in [0.5, 0.6) is 0 Å². The van der Waals surface area contributed by atoms with Crippen molar-refractivity contribution in [2.45, 2.75) is 102 Å². The Kier molecular flexibility index (Phi) is 16.9. The lowest BCUT2D eigenvalue weighted by molar-refractivity contribution is -0.125. The lowest BCUT2D eigenvalue weighted by atomic mass is 9.96. The first kappa shape index (κ1) is 42.3. The highest BCUT2D eigenvalue weighted by Crippen LogP contribution is 2.57. The lowest BCUT2D eigenvalue weighted by Gasteiger charge is -2.35. The SMILES string of the molecule is NC1CCN(c2nc(N3CCC(N)CC3)nc(N3CCC(C(=O)NCCCCCC(=O)NCCCCCCOP(=O)(O)OP(=O)(O)O)CC3)n2)CC1. The minimum absolute atomic E-state index is 0.0346. The van der Waals surface area contributed by atoms with Gasteiger partial charge in [0.05, 0.1) is 6.61 Å². The van der Waals surface area contributed by atoms with Gasteiger partial charge < -0.3 is 51.5 Å². The van der Waals surface area contributed by atoms with Gasteiger partial charge in [-0.3, -0.25) is 14.1 Å². The van der Waals surface area contributed by atoms with E-state index in [1.807, 2.05) is 0 Å². The van der Waals surface area contributed by atoms with Crippen molar-refractivity contribution < 1.29 is 42.2 Å². The predicted octanol–water partition coefficient (Wildman–Crippen LogP) is 1.52. The van der Waals surface area contributed by atoms with Crippen LogP contribution >= 0.6 is 15.6 Å². The number of anilines is 3. The van der Waals surface area contributed by atoms with Crippen LogP contribution in [0.2, 0.25) is 0 Å². The standard InChI is InChI=1S/C31H58N10O9P2/c32-25-11-19-40(20-12-25)30-36-29(37-31(38-30)41-21-13-26(33)14-22-41)39-17-9-24(10-18-39)28(43)35-16-6-3-4-8-27(42)34-15-5-1-2-7-23-49-52(47,48)50-51(44,45)46/h24-26H,1-23,32-33H2,(H,34,42)(H,35,43)(H,47,48)(H2,44,45,46). The van der Waals surface area contributed by atoms with Crippen molar-refractivity contribution in [3.8, 4) is 0 Å². The highest BCUT2D eigenvalue weighted by molar-refractivity contribution is 7.60. The summed E-state index contributed by atoms with van der Waals surface area (Å²) in [6.07, 6.45) is 10.3. The molecule has 0 saturated carbocycles. The molecule has 3 fully saturated rings. The predicted molar refractivity (Wildman–Crippen MR) is 195 cm³/mol. The average Bonchev–Trinajstić information content (AvgIpc) is 3.10. The molecule has 4 heterocycles. The average molecular weight is 777 g/mol. The Balaban J connectivity index is 1.07. The van der Waals surface area contributed by atoms with Crippen molar-refractivity contribution in [1.29, 1.82) is 0 Å². The number of rotatable bonds is 20. The number of carbonyl (C=O) groups is 2. The first-order valence-electron chi connectivity index (χ1n) is 18.6. The monoisotopic (exact) mass is 776 g/mol. The maximum atomic E-state index is 12.9. The number of phosphoric acid groups is 2.